The molecule has 0 bridgehead atoms. The molecule has 3 rings (SSSR count). The van der Waals surface area contributed by atoms with Crippen molar-refractivity contribution in [3.63, 3.8) is 0 Å². The van der Waals surface area contributed by atoms with Gasteiger partial charge in [0.2, 0.25) is 10.9 Å². The molecule has 30 heavy (non-hydrogen) atoms. The third-order valence-corrected chi connectivity index (χ3v) is 6.01. The number of amides is 2. The molecule has 1 aromatic carbocycles. The van der Waals surface area contributed by atoms with E-state index >= 15 is 0 Å². The number of hydrogen-bond acceptors (Lipinski definition) is 8. The summed E-state index contributed by atoms with van der Waals surface area (Å²) in [7, 11) is 1.58. The minimum Gasteiger partial charge on any atom is -0.497 e. The fourth-order valence-corrected chi connectivity index (χ4v) is 4.21. The van der Waals surface area contributed by atoms with Gasteiger partial charge in [-0.1, -0.05) is 11.3 Å². The third-order valence-electron chi connectivity index (χ3n) is 3.96. The van der Waals surface area contributed by atoms with E-state index in [-0.39, 0.29) is 22.9 Å². The third kappa shape index (κ3) is 6.60. The van der Waals surface area contributed by atoms with Gasteiger partial charge in [0, 0.05) is 23.9 Å². The Kier molecular flexibility index (Phi) is 7.86. The van der Waals surface area contributed by atoms with E-state index in [0.717, 1.165) is 5.76 Å². The number of methoxy groups -OCH3 is 1. The Morgan fingerprint density at radius 1 is 1.23 bits per heavy atom. The molecular formula is C20H22N4O4S2. The van der Waals surface area contributed by atoms with Crippen LogP contribution in [0.2, 0.25) is 0 Å². The van der Waals surface area contributed by atoms with Gasteiger partial charge in [-0.05, 0) is 43.3 Å². The maximum atomic E-state index is 12.3. The average molecular weight is 447 g/mol. The number of rotatable bonds is 10. The van der Waals surface area contributed by atoms with E-state index in [4.69, 9.17) is 9.15 Å². The van der Waals surface area contributed by atoms with E-state index in [0.29, 0.717) is 34.4 Å². The highest BCUT2D eigenvalue weighted by molar-refractivity contribution is 7.99. The van der Waals surface area contributed by atoms with Gasteiger partial charge in [-0.15, -0.1) is 22.0 Å². The van der Waals surface area contributed by atoms with Crippen molar-refractivity contribution in [1.82, 2.24) is 15.5 Å². The van der Waals surface area contributed by atoms with Gasteiger partial charge in [-0.2, -0.15) is 0 Å². The fraction of sp³-hybridized carbons (Fsp3) is 0.300. The average Bonchev–Trinajstić information content (AvgIpc) is 3.40. The SMILES string of the molecule is COc1ccc(NC(=O)c2nnc(CSCC(=O)NC(C)Cc3ccco3)s2)cc1. The van der Waals surface area contributed by atoms with Gasteiger partial charge >= 0.3 is 0 Å². The van der Waals surface area contributed by atoms with Crippen LogP contribution in [0, 0.1) is 0 Å². The van der Waals surface area contributed by atoms with Crippen LogP contribution >= 0.6 is 23.1 Å². The topological polar surface area (TPSA) is 106 Å². The Labute approximate surface area is 182 Å². The van der Waals surface area contributed by atoms with Crippen LogP contribution in [0.3, 0.4) is 0 Å². The predicted molar refractivity (Wildman–Crippen MR) is 117 cm³/mol. The van der Waals surface area contributed by atoms with Crippen LogP contribution in [-0.2, 0) is 17.0 Å². The summed E-state index contributed by atoms with van der Waals surface area (Å²) in [6.07, 6.45) is 2.26. The molecule has 0 saturated heterocycles. The summed E-state index contributed by atoms with van der Waals surface area (Å²) < 4.78 is 10.4. The summed E-state index contributed by atoms with van der Waals surface area (Å²) in [6.45, 7) is 1.93. The zero-order valence-electron chi connectivity index (χ0n) is 16.6. The molecule has 2 aromatic heterocycles. The lowest BCUT2D eigenvalue weighted by Crippen LogP contribution is -2.35. The molecule has 0 radical (unpaired) electrons. The summed E-state index contributed by atoms with van der Waals surface area (Å²) >= 11 is 2.64. The predicted octanol–water partition coefficient (Wildman–Crippen LogP) is 3.37. The number of ether oxygens (including phenoxy) is 1. The maximum absolute atomic E-state index is 12.3. The molecule has 2 amide bonds. The number of benzene rings is 1. The number of nitrogens with one attached hydrogen (secondary N) is 2. The van der Waals surface area contributed by atoms with E-state index in [2.05, 4.69) is 20.8 Å². The van der Waals surface area contributed by atoms with Crippen molar-refractivity contribution in [3.8, 4) is 5.75 Å². The molecule has 0 aliphatic carbocycles. The molecule has 0 spiro atoms. The van der Waals surface area contributed by atoms with Crippen LogP contribution in [0.25, 0.3) is 0 Å². The maximum Gasteiger partial charge on any atom is 0.286 e. The van der Waals surface area contributed by atoms with Crippen molar-refractivity contribution < 1.29 is 18.7 Å². The smallest absolute Gasteiger partial charge is 0.286 e. The Balaban J connectivity index is 1.40. The Bertz CT molecular complexity index is 958. The van der Waals surface area contributed by atoms with Crippen LogP contribution in [-0.4, -0.2) is 40.9 Å². The first-order valence-corrected chi connectivity index (χ1v) is 11.2. The van der Waals surface area contributed by atoms with Crippen molar-refractivity contribution >= 4 is 40.6 Å². The van der Waals surface area contributed by atoms with Gasteiger partial charge in [-0.25, -0.2) is 0 Å². The second kappa shape index (κ2) is 10.8. The summed E-state index contributed by atoms with van der Waals surface area (Å²) in [5, 5.41) is 14.7. The molecule has 2 N–H and O–H groups in total. The first-order valence-electron chi connectivity index (χ1n) is 9.20. The number of anilines is 1. The second-order valence-electron chi connectivity index (χ2n) is 6.43. The van der Waals surface area contributed by atoms with Crippen molar-refractivity contribution in [1.29, 1.82) is 0 Å². The summed E-state index contributed by atoms with van der Waals surface area (Å²) in [5.41, 5.74) is 0.646. The van der Waals surface area contributed by atoms with Crippen LogP contribution < -0.4 is 15.4 Å². The quantitative estimate of drug-likeness (QED) is 0.492. The van der Waals surface area contributed by atoms with Crippen molar-refractivity contribution in [2.45, 2.75) is 25.1 Å². The molecule has 3 aromatic rings. The Morgan fingerprint density at radius 2 is 2.03 bits per heavy atom. The summed E-state index contributed by atoms with van der Waals surface area (Å²) in [5.74, 6) is 1.98. The highest BCUT2D eigenvalue weighted by atomic mass is 32.2. The number of furan rings is 1. The van der Waals surface area contributed by atoms with Gasteiger partial charge < -0.3 is 19.8 Å². The second-order valence-corrected chi connectivity index (χ2v) is 8.48. The van der Waals surface area contributed by atoms with Crippen LogP contribution in [0.5, 0.6) is 5.75 Å². The number of nitrogens with zero attached hydrogens (tertiary/aromatic N) is 2. The van der Waals surface area contributed by atoms with Gasteiger partial charge in [0.1, 0.15) is 16.5 Å². The van der Waals surface area contributed by atoms with E-state index in [1.54, 1.807) is 37.6 Å². The lowest BCUT2D eigenvalue weighted by Gasteiger charge is -2.12. The van der Waals surface area contributed by atoms with Crippen molar-refractivity contribution in [2.24, 2.45) is 0 Å². The molecule has 10 heteroatoms. The largest absolute Gasteiger partial charge is 0.497 e. The van der Waals surface area contributed by atoms with Crippen LogP contribution in [0.15, 0.2) is 47.1 Å². The molecule has 0 fully saturated rings. The minimum atomic E-state index is -0.321. The van der Waals surface area contributed by atoms with Crippen LogP contribution in [0.4, 0.5) is 5.69 Å². The number of carbonyl (C=O) groups excluding carboxylic acids is 2. The summed E-state index contributed by atoms with van der Waals surface area (Å²) in [6, 6.07) is 10.7. The zero-order valence-corrected chi connectivity index (χ0v) is 18.2. The first kappa shape index (κ1) is 21.8. The molecule has 8 nitrogen and oxygen atoms in total. The highest BCUT2D eigenvalue weighted by Gasteiger charge is 2.14. The van der Waals surface area contributed by atoms with Crippen molar-refractivity contribution in [2.75, 3.05) is 18.2 Å². The molecule has 0 aliphatic heterocycles. The molecular weight excluding hydrogens is 424 g/mol. The lowest BCUT2D eigenvalue weighted by atomic mass is 10.2. The molecule has 0 aliphatic rings. The number of thioether (sulfide) groups is 1. The van der Waals surface area contributed by atoms with Gasteiger partial charge in [0.15, 0.2) is 0 Å². The van der Waals surface area contributed by atoms with Gasteiger partial charge in [0.05, 0.1) is 19.1 Å². The molecule has 1 atom stereocenters. The fourth-order valence-electron chi connectivity index (χ4n) is 2.59. The Morgan fingerprint density at radius 3 is 2.73 bits per heavy atom. The number of hydrogen-bond donors (Lipinski definition) is 2. The van der Waals surface area contributed by atoms with E-state index in [1.807, 2.05) is 19.1 Å². The number of carbonyl (C=O) groups is 2. The lowest BCUT2D eigenvalue weighted by molar-refractivity contribution is -0.119. The summed E-state index contributed by atoms with van der Waals surface area (Å²) in [4.78, 5) is 24.4. The van der Waals surface area contributed by atoms with E-state index < -0.39 is 0 Å². The molecule has 158 valence electrons. The molecule has 2 heterocycles. The normalized spacial score (nSPS) is 11.7. The molecule has 0 saturated carbocycles. The van der Waals surface area contributed by atoms with E-state index in [1.165, 1.54) is 23.1 Å². The zero-order chi connectivity index (χ0) is 21.3. The first-order chi connectivity index (χ1) is 14.5. The van der Waals surface area contributed by atoms with E-state index in [9.17, 15) is 9.59 Å². The minimum absolute atomic E-state index is 0.0148. The Hall–Kier alpha value is -2.85. The van der Waals surface area contributed by atoms with Crippen LogP contribution in [0.1, 0.15) is 27.5 Å². The molecule has 1 unspecified atom stereocenters. The standard InChI is InChI=1S/C20H22N4O4S2/c1-13(10-16-4-3-9-28-16)21-17(25)11-29-12-18-23-24-20(30-18)19(26)22-14-5-7-15(27-2)8-6-14/h3-9,13H,10-12H2,1-2H3,(H,21,25)(H,22,26). The monoisotopic (exact) mass is 446 g/mol. The van der Waals surface area contributed by atoms with Crippen molar-refractivity contribution in [3.05, 3.63) is 58.4 Å². The van der Waals surface area contributed by atoms with Gasteiger partial charge in [-0.3, -0.25) is 9.59 Å². The highest BCUT2D eigenvalue weighted by Crippen LogP contribution is 2.19. The number of aromatic nitrogens is 2. The van der Waals surface area contributed by atoms with Gasteiger partial charge in [0.25, 0.3) is 5.91 Å².